The molecule has 0 aliphatic heterocycles. The molecule has 0 saturated carbocycles. The van der Waals surface area contributed by atoms with Crippen LogP contribution in [0.4, 0.5) is 0 Å². The van der Waals surface area contributed by atoms with Gasteiger partial charge in [-0.3, -0.25) is 4.79 Å². The lowest BCUT2D eigenvalue weighted by Crippen LogP contribution is -2.14. The van der Waals surface area contributed by atoms with Gasteiger partial charge in [0, 0.05) is 6.92 Å². The maximum atomic E-state index is 11.2. The largest absolute Gasteiger partial charge is 0.504 e. The van der Waals surface area contributed by atoms with Crippen molar-refractivity contribution >= 4 is 5.97 Å². The quantitative estimate of drug-likeness (QED) is 0.550. The van der Waals surface area contributed by atoms with Crippen LogP contribution in [0, 0.1) is 11.8 Å². The van der Waals surface area contributed by atoms with Crippen molar-refractivity contribution < 1.29 is 24.1 Å². The third-order valence-electron chi connectivity index (χ3n) is 4.81. The number of aromatic hydroxyl groups is 1. The Hall–Kier alpha value is -2.69. The molecule has 27 heavy (non-hydrogen) atoms. The smallest absolute Gasteiger partial charge is 0.308 e. The lowest BCUT2D eigenvalue weighted by molar-refractivity contribution is -0.132. The van der Waals surface area contributed by atoms with E-state index >= 15 is 0 Å². The number of benzene rings is 2. The summed E-state index contributed by atoms with van der Waals surface area (Å²) < 4.78 is 15.7. The SMILES string of the molecule is COc1cc(C[C@@H](C)[C@@H](C)Cc2ccc(OC(C)=O)c(OC)c2)ccc1O. The van der Waals surface area contributed by atoms with Crippen LogP contribution < -0.4 is 14.2 Å². The lowest BCUT2D eigenvalue weighted by Gasteiger charge is -2.21. The van der Waals surface area contributed by atoms with Gasteiger partial charge in [0.1, 0.15) is 0 Å². The minimum Gasteiger partial charge on any atom is -0.504 e. The van der Waals surface area contributed by atoms with Gasteiger partial charge in [0.05, 0.1) is 14.2 Å². The minimum absolute atomic E-state index is 0.155. The van der Waals surface area contributed by atoms with Crippen LogP contribution in [0.2, 0.25) is 0 Å². The van der Waals surface area contributed by atoms with Crippen LogP contribution in [0.5, 0.6) is 23.0 Å². The fourth-order valence-corrected chi connectivity index (χ4v) is 3.07. The first-order chi connectivity index (χ1) is 12.8. The maximum Gasteiger partial charge on any atom is 0.308 e. The summed E-state index contributed by atoms with van der Waals surface area (Å²) in [5.41, 5.74) is 2.26. The molecule has 2 atom stereocenters. The number of ether oxygens (including phenoxy) is 3. The minimum atomic E-state index is -0.368. The normalized spacial score (nSPS) is 12.9. The van der Waals surface area contributed by atoms with Gasteiger partial charge in [0.25, 0.3) is 0 Å². The Morgan fingerprint density at radius 1 is 0.889 bits per heavy atom. The molecule has 0 bridgehead atoms. The Labute approximate surface area is 160 Å². The third-order valence-corrected chi connectivity index (χ3v) is 4.81. The summed E-state index contributed by atoms with van der Waals surface area (Å²) in [7, 11) is 3.12. The number of carbonyl (C=O) groups is 1. The average molecular weight is 372 g/mol. The monoisotopic (exact) mass is 372 g/mol. The van der Waals surface area contributed by atoms with E-state index in [1.165, 1.54) is 6.92 Å². The van der Waals surface area contributed by atoms with E-state index in [2.05, 4.69) is 13.8 Å². The number of carbonyl (C=O) groups excluding carboxylic acids is 1. The molecule has 0 heterocycles. The number of hydrogen-bond acceptors (Lipinski definition) is 5. The van der Waals surface area contributed by atoms with Gasteiger partial charge in [0.15, 0.2) is 23.0 Å². The fourth-order valence-electron chi connectivity index (χ4n) is 3.07. The van der Waals surface area contributed by atoms with Crippen LogP contribution in [0.3, 0.4) is 0 Å². The van der Waals surface area contributed by atoms with Crippen molar-refractivity contribution in [1.29, 1.82) is 0 Å². The number of phenols is 1. The molecule has 5 heteroatoms. The van der Waals surface area contributed by atoms with Crippen molar-refractivity contribution in [2.45, 2.75) is 33.6 Å². The zero-order valence-electron chi connectivity index (χ0n) is 16.6. The van der Waals surface area contributed by atoms with Gasteiger partial charge >= 0.3 is 5.97 Å². The van der Waals surface area contributed by atoms with Gasteiger partial charge in [-0.05, 0) is 60.1 Å². The second-order valence-corrected chi connectivity index (χ2v) is 6.95. The average Bonchev–Trinajstić information content (AvgIpc) is 2.63. The van der Waals surface area contributed by atoms with Gasteiger partial charge < -0.3 is 19.3 Å². The summed E-state index contributed by atoms with van der Waals surface area (Å²) in [5, 5.41) is 9.73. The molecule has 0 unspecified atom stereocenters. The zero-order chi connectivity index (χ0) is 20.0. The highest BCUT2D eigenvalue weighted by atomic mass is 16.6. The maximum absolute atomic E-state index is 11.2. The van der Waals surface area contributed by atoms with Crippen molar-refractivity contribution in [3.05, 3.63) is 47.5 Å². The van der Waals surface area contributed by atoms with E-state index in [-0.39, 0.29) is 11.7 Å². The van der Waals surface area contributed by atoms with E-state index < -0.39 is 0 Å². The Balaban J connectivity index is 2.05. The van der Waals surface area contributed by atoms with Crippen molar-refractivity contribution in [2.24, 2.45) is 11.8 Å². The second kappa shape index (κ2) is 9.31. The molecule has 0 aliphatic carbocycles. The van der Waals surface area contributed by atoms with Crippen molar-refractivity contribution in [2.75, 3.05) is 14.2 Å². The van der Waals surface area contributed by atoms with Crippen LogP contribution in [0.1, 0.15) is 31.9 Å². The first-order valence-electron chi connectivity index (χ1n) is 9.05. The van der Waals surface area contributed by atoms with Gasteiger partial charge in [-0.25, -0.2) is 0 Å². The molecule has 0 amide bonds. The summed E-state index contributed by atoms with van der Waals surface area (Å²) in [5.74, 6) is 2.14. The summed E-state index contributed by atoms with van der Waals surface area (Å²) in [6.07, 6.45) is 1.77. The van der Waals surface area contributed by atoms with E-state index in [4.69, 9.17) is 14.2 Å². The van der Waals surface area contributed by atoms with Crippen molar-refractivity contribution in [3.8, 4) is 23.0 Å². The first-order valence-corrected chi connectivity index (χ1v) is 9.05. The summed E-state index contributed by atoms with van der Waals surface area (Å²) in [6.45, 7) is 5.80. The molecule has 0 aliphatic rings. The third kappa shape index (κ3) is 5.64. The molecule has 1 N–H and O–H groups in total. The van der Waals surface area contributed by atoms with E-state index in [9.17, 15) is 9.90 Å². The number of hydrogen-bond donors (Lipinski definition) is 1. The highest BCUT2D eigenvalue weighted by molar-refractivity contribution is 5.70. The number of rotatable bonds is 8. The highest BCUT2D eigenvalue weighted by Gasteiger charge is 2.16. The van der Waals surface area contributed by atoms with Crippen LogP contribution in [0.25, 0.3) is 0 Å². The predicted octanol–water partition coefficient (Wildman–Crippen LogP) is 4.39. The topological polar surface area (TPSA) is 65.0 Å². The van der Waals surface area contributed by atoms with Crippen LogP contribution in [0.15, 0.2) is 36.4 Å². The number of methoxy groups -OCH3 is 2. The molecule has 2 rings (SSSR count). The van der Waals surface area contributed by atoms with Gasteiger partial charge in [-0.15, -0.1) is 0 Å². The Bertz CT molecular complexity index is 784. The summed E-state index contributed by atoms with van der Waals surface area (Å²) in [6, 6.07) is 11.1. The molecule has 0 radical (unpaired) electrons. The Morgan fingerprint density at radius 3 is 1.93 bits per heavy atom. The molecule has 0 saturated heterocycles. The van der Waals surface area contributed by atoms with Gasteiger partial charge in [0.2, 0.25) is 0 Å². The Morgan fingerprint density at radius 2 is 1.41 bits per heavy atom. The first kappa shape index (κ1) is 20.6. The highest BCUT2D eigenvalue weighted by Crippen LogP contribution is 2.31. The van der Waals surface area contributed by atoms with Crippen molar-refractivity contribution in [3.63, 3.8) is 0 Å². The number of phenolic OH excluding ortho intramolecular Hbond substituents is 1. The lowest BCUT2D eigenvalue weighted by atomic mass is 9.85. The molecule has 2 aromatic rings. The van der Waals surface area contributed by atoms with E-state index in [0.29, 0.717) is 29.1 Å². The standard InChI is InChI=1S/C22H28O5/c1-14(10-17-6-8-19(24)21(12-17)25-4)15(2)11-18-7-9-20(27-16(3)23)22(13-18)26-5/h6-9,12-15,24H,10-11H2,1-5H3/t14-,15+/m1/s1. The van der Waals surface area contributed by atoms with Crippen LogP contribution in [-0.4, -0.2) is 25.3 Å². The second-order valence-electron chi connectivity index (χ2n) is 6.95. The Kier molecular flexibility index (Phi) is 7.11. The molecule has 2 aromatic carbocycles. The van der Waals surface area contributed by atoms with E-state index in [1.807, 2.05) is 24.3 Å². The van der Waals surface area contributed by atoms with E-state index in [1.54, 1.807) is 26.4 Å². The summed E-state index contributed by atoms with van der Waals surface area (Å²) >= 11 is 0. The zero-order valence-corrected chi connectivity index (χ0v) is 16.6. The summed E-state index contributed by atoms with van der Waals surface area (Å²) in [4.78, 5) is 11.2. The van der Waals surface area contributed by atoms with Gasteiger partial charge in [-0.2, -0.15) is 0 Å². The van der Waals surface area contributed by atoms with Crippen molar-refractivity contribution in [1.82, 2.24) is 0 Å². The number of esters is 1. The predicted molar refractivity (Wildman–Crippen MR) is 105 cm³/mol. The van der Waals surface area contributed by atoms with Crippen LogP contribution in [-0.2, 0) is 17.6 Å². The fraction of sp³-hybridized carbons (Fsp3) is 0.409. The molecular weight excluding hydrogens is 344 g/mol. The molecule has 0 fully saturated rings. The molecule has 0 aromatic heterocycles. The molecular formula is C22H28O5. The van der Waals surface area contributed by atoms with Crippen LogP contribution >= 0.6 is 0 Å². The molecule has 5 nitrogen and oxygen atoms in total. The van der Waals surface area contributed by atoms with E-state index in [0.717, 1.165) is 24.0 Å². The van der Waals surface area contributed by atoms with Gasteiger partial charge in [-0.1, -0.05) is 26.0 Å². The molecule has 146 valence electrons. The molecule has 0 spiro atoms.